The van der Waals surface area contributed by atoms with E-state index in [1.165, 1.54) is 19.2 Å². The van der Waals surface area contributed by atoms with E-state index in [9.17, 15) is 9.59 Å². The zero-order valence-electron chi connectivity index (χ0n) is 14.4. The zero-order chi connectivity index (χ0) is 18.9. The van der Waals surface area contributed by atoms with Gasteiger partial charge in [0.1, 0.15) is 5.75 Å². The first-order valence-corrected chi connectivity index (χ1v) is 8.40. The quantitative estimate of drug-likeness (QED) is 0.454. The van der Waals surface area contributed by atoms with Crippen LogP contribution in [0.4, 0.5) is 5.69 Å². The summed E-state index contributed by atoms with van der Waals surface area (Å²) < 4.78 is 10.4. The molecular formula is C19H19ClN2O4. The number of aromatic nitrogens is 1. The van der Waals surface area contributed by atoms with Crippen molar-refractivity contribution in [3.05, 3.63) is 59.4 Å². The third-order valence-corrected chi connectivity index (χ3v) is 3.58. The van der Waals surface area contributed by atoms with Gasteiger partial charge in [0.25, 0.3) is 5.91 Å². The van der Waals surface area contributed by atoms with Crippen LogP contribution in [0.2, 0.25) is 5.15 Å². The van der Waals surface area contributed by atoms with Gasteiger partial charge in [-0.25, -0.2) is 9.78 Å². The molecule has 136 valence electrons. The largest absolute Gasteiger partial charge is 0.494 e. The van der Waals surface area contributed by atoms with Gasteiger partial charge in [-0.1, -0.05) is 23.7 Å². The fraction of sp³-hybridized carbons (Fsp3) is 0.211. The number of carbonyl (C=O) groups is 2. The molecule has 1 heterocycles. The number of halogens is 1. The Morgan fingerprint density at radius 2 is 2.00 bits per heavy atom. The molecular weight excluding hydrogens is 356 g/mol. The lowest BCUT2D eigenvalue weighted by molar-refractivity contribution is -0.148. The Kier molecular flexibility index (Phi) is 7.17. The highest BCUT2D eigenvalue weighted by molar-refractivity contribution is 6.32. The van der Waals surface area contributed by atoms with E-state index in [2.05, 4.69) is 10.3 Å². The number of hydrogen-bond donors (Lipinski definition) is 1. The first-order valence-electron chi connectivity index (χ1n) is 8.02. The van der Waals surface area contributed by atoms with Gasteiger partial charge in [0.2, 0.25) is 0 Å². The number of rotatable bonds is 7. The maximum absolute atomic E-state index is 12.1. The average molecular weight is 375 g/mol. The lowest BCUT2D eigenvalue weighted by Crippen LogP contribution is -2.29. The van der Waals surface area contributed by atoms with Crippen LogP contribution in [0, 0.1) is 0 Å². The van der Waals surface area contributed by atoms with Crippen LogP contribution in [-0.4, -0.2) is 29.6 Å². The van der Waals surface area contributed by atoms with Crippen LogP contribution in [0.15, 0.2) is 48.7 Å². The first-order chi connectivity index (χ1) is 12.5. The maximum atomic E-state index is 12.1. The van der Waals surface area contributed by atoms with Gasteiger partial charge in [-0.3, -0.25) is 4.79 Å². The Hall–Kier alpha value is -2.86. The Labute approximate surface area is 156 Å². The van der Waals surface area contributed by atoms with E-state index in [1.807, 2.05) is 31.2 Å². The molecule has 0 aliphatic rings. The molecule has 0 radical (unpaired) electrons. The molecule has 1 atom stereocenters. The Balaban J connectivity index is 1.87. The van der Waals surface area contributed by atoms with Gasteiger partial charge in [0, 0.05) is 12.3 Å². The van der Waals surface area contributed by atoms with Gasteiger partial charge in [0.15, 0.2) is 11.3 Å². The van der Waals surface area contributed by atoms with Gasteiger partial charge in [-0.15, -0.1) is 0 Å². The molecule has 2 aromatic rings. The molecule has 0 saturated heterocycles. The number of esters is 1. The molecule has 1 amide bonds. The normalized spacial score (nSPS) is 11.8. The molecule has 0 unspecified atom stereocenters. The van der Waals surface area contributed by atoms with E-state index in [-0.39, 0.29) is 5.15 Å². The second-order valence-electron chi connectivity index (χ2n) is 5.25. The van der Waals surface area contributed by atoms with E-state index in [0.29, 0.717) is 12.3 Å². The lowest BCUT2D eigenvalue weighted by Gasteiger charge is -2.12. The second kappa shape index (κ2) is 9.58. The number of hydrogen-bond acceptors (Lipinski definition) is 5. The summed E-state index contributed by atoms with van der Waals surface area (Å²) in [6.45, 7) is 3.97. The molecule has 0 spiro atoms. The minimum Gasteiger partial charge on any atom is -0.494 e. The number of nitrogens with one attached hydrogen (secondary N) is 1. The summed E-state index contributed by atoms with van der Waals surface area (Å²) in [6.07, 6.45) is 3.38. The predicted octanol–water partition coefficient (Wildman–Crippen LogP) is 3.72. The fourth-order valence-corrected chi connectivity index (χ4v) is 2.15. The fourth-order valence-electron chi connectivity index (χ4n) is 1.99. The Morgan fingerprint density at radius 1 is 1.27 bits per heavy atom. The van der Waals surface area contributed by atoms with E-state index >= 15 is 0 Å². The molecule has 0 fully saturated rings. The molecule has 0 saturated carbocycles. The number of pyridine rings is 1. The highest BCUT2D eigenvalue weighted by atomic mass is 35.5. The number of benzene rings is 1. The minimum atomic E-state index is -0.983. The van der Waals surface area contributed by atoms with Crippen molar-refractivity contribution in [2.24, 2.45) is 0 Å². The van der Waals surface area contributed by atoms with E-state index in [1.54, 1.807) is 18.2 Å². The molecule has 26 heavy (non-hydrogen) atoms. The van der Waals surface area contributed by atoms with Crippen LogP contribution in [0.3, 0.4) is 0 Å². The van der Waals surface area contributed by atoms with Gasteiger partial charge in [-0.2, -0.15) is 0 Å². The summed E-state index contributed by atoms with van der Waals surface area (Å²) in [4.78, 5) is 27.8. The average Bonchev–Trinajstić information content (AvgIpc) is 2.63. The molecule has 6 nitrogen and oxygen atoms in total. The summed E-state index contributed by atoms with van der Waals surface area (Å²) >= 11 is 5.87. The summed E-state index contributed by atoms with van der Waals surface area (Å²) in [5.41, 5.74) is 1.16. The SMILES string of the molecule is CCOc1ccc(/C=C/C(=O)O[C@@H](C)C(=O)Nc2cccnc2Cl)cc1. The van der Waals surface area contributed by atoms with E-state index in [4.69, 9.17) is 21.1 Å². The van der Waals surface area contributed by atoms with Crippen molar-refractivity contribution >= 4 is 35.2 Å². The highest BCUT2D eigenvalue weighted by Gasteiger charge is 2.17. The smallest absolute Gasteiger partial charge is 0.331 e. The zero-order valence-corrected chi connectivity index (χ0v) is 15.2. The molecule has 1 N–H and O–H groups in total. The Bertz CT molecular complexity index is 790. The third kappa shape index (κ3) is 5.89. The topological polar surface area (TPSA) is 77.5 Å². The number of nitrogens with zero attached hydrogens (tertiary/aromatic N) is 1. The summed E-state index contributed by atoms with van der Waals surface area (Å²) in [6, 6.07) is 10.5. The molecule has 1 aromatic heterocycles. The van der Waals surface area contributed by atoms with Crippen molar-refractivity contribution in [1.29, 1.82) is 0 Å². The minimum absolute atomic E-state index is 0.162. The number of ether oxygens (including phenoxy) is 2. The molecule has 0 aliphatic carbocycles. The Morgan fingerprint density at radius 3 is 2.65 bits per heavy atom. The molecule has 1 aromatic carbocycles. The van der Waals surface area contributed by atoms with E-state index in [0.717, 1.165) is 11.3 Å². The first kappa shape index (κ1) is 19.5. The van der Waals surface area contributed by atoms with E-state index < -0.39 is 18.0 Å². The van der Waals surface area contributed by atoms with Gasteiger partial charge in [0.05, 0.1) is 12.3 Å². The maximum Gasteiger partial charge on any atom is 0.331 e. The summed E-state index contributed by atoms with van der Waals surface area (Å²) in [7, 11) is 0. The third-order valence-electron chi connectivity index (χ3n) is 3.28. The van der Waals surface area contributed by atoms with Crippen LogP contribution in [0.5, 0.6) is 5.75 Å². The second-order valence-corrected chi connectivity index (χ2v) is 5.60. The van der Waals surface area contributed by atoms with Crippen LogP contribution >= 0.6 is 11.6 Å². The highest BCUT2D eigenvalue weighted by Crippen LogP contribution is 2.18. The van der Waals surface area contributed by atoms with Crippen LogP contribution in [0.25, 0.3) is 6.08 Å². The van der Waals surface area contributed by atoms with Gasteiger partial charge < -0.3 is 14.8 Å². The van der Waals surface area contributed by atoms with Crippen molar-refractivity contribution in [2.75, 3.05) is 11.9 Å². The molecule has 0 bridgehead atoms. The van der Waals surface area contributed by atoms with Gasteiger partial charge in [-0.05, 0) is 49.8 Å². The van der Waals surface area contributed by atoms with Crippen molar-refractivity contribution in [1.82, 2.24) is 4.98 Å². The van der Waals surface area contributed by atoms with Crippen LogP contribution in [-0.2, 0) is 14.3 Å². The molecule has 0 aliphatic heterocycles. The van der Waals surface area contributed by atoms with Crippen molar-refractivity contribution < 1.29 is 19.1 Å². The summed E-state index contributed by atoms with van der Waals surface area (Å²) in [5, 5.41) is 2.72. The van der Waals surface area contributed by atoms with Crippen LogP contribution < -0.4 is 10.1 Å². The monoisotopic (exact) mass is 374 g/mol. The van der Waals surface area contributed by atoms with Gasteiger partial charge >= 0.3 is 5.97 Å². The van der Waals surface area contributed by atoms with Crippen molar-refractivity contribution in [2.45, 2.75) is 20.0 Å². The predicted molar refractivity (Wildman–Crippen MR) is 100 cm³/mol. The van der Waals surface area contributed by atoms with Crippen molar-refractivity contribution in [3.8, 4) is 5.75 Å². The lowest BCUT2D eigenvalue weighted by atomic mass is 10.2. The standard InChI is InChI=1S/C19H19ClN2O4/c1-3-25-15-9-6-14(7-10-15)8-11-17(23)26-13(2)19(24)22-16-5-4-12-21-18(16)20/h4-13H,3H2,1-2H3,(H,22,24)/b11-8+/t13-/m0/s1. The number of anilines is 1. The van der Waals surface area contributed by atoms with Crippen molar-refractivity contribution in [3.63, 3.8) is 0 Å². The molecule has 7 heteroatoms. The number of amides is 1. The number of carbonyl (C=O) groups excluding carboxylic acids is 2. The molecule has 2 rings (SSSR count). The summed E-state index contributed by atoms with van der Waals surface area (Å²) in [5.74, 6) is -0.367. The van der Waals surface area contributed by atoms with Crippen LogP contribution in [0.1, 0.15) is 19.4 Å².